The molecule has 0 radical (unpaired) electrons. The maximum Gasteiger partial charge on any atom is 0.261 e. The molecule has 0 unspecified atom stereocenters. The Bertz CT molecular complexity index is 1380. The van der Waals surface area contributed by atoms with E-state index in [1.807, 2.05) is 18.2 Å². The summed E-state index contributed by atoms with van der Waals surface area (Å²) in [5.41, 5.74) is 0.897. The molecule has 0 aromatic heterocycles. The highest BCUT2D eigenvalue weighted by molar-refractivity contribution is 7.92. The lowest BCUT2D eigenvalue weighted by atomic mass is 10.2. The molecule has 0 fully saturated rings. The number of anilines is 2. The van der Waals surface area contributed by atoms with Gasteiger partial charge in [0.15, 0.2) is 5.75 Å². The van der Waals surface area contributed by atoms with E-state index in [-0.39, 0.29) is 16.1 Å². The fraction of sp³-hybridized carbons (Fsp3) is 0. The molecule has 4 aromatic carbocycles. The highest BCUT2D eigenvalue weighted by atomic mass is 32.2. The number of sulfonamides is 1. The van der Waals surface area contributed by atoms with Crippen molar-refractivity contribution >= 4 is 27.3 Å². The lowest BCUT2D eigenvalue weighted by Gasteiger charge is -2.13. The first-order valence-corrected chi connectivity index (χ1v) is 11.4. The van der Waals surface area contributed by atoms with E-state index >= 15 is 0 Å². The second-order valence-electron chi connectivity index (χ2n) is 7.01. The third-order valence-electron chi connectivity index (χ3n) is 4.61. The fourth-order valence-corrected chi connectivity index (χ4v) is 4.07. The summed E-state index contributed by atoms with van der Waals surface area (Å²) >= 11 is 0. The number of para-hydroxylation sites is 3. The first-order chi connectivity index (χ1) is 15.9. The molecular formula is C25H19FN2O4S. The van der Waals surface area contributed by atoms with E-state index < -0.39 is 21.7 Å². The van der Waals surface area contributed by atoms with Crippen molar-refractivity contribution in [2.75, 3.05) is 10.0 Å². The van der Waals surface area contributed by atoms with Crippen LogP contribution in [0, 0.1) is 5.82 Å². The van der Waals surface area contributed by atoms with Crippen LogP contribution in [-0.2, 0) is 10.0 Å². The molecule has 166 valence electrons. The molecule has 0 saturated carbocycles. The number of hydrogen-bond donors (Lipinski definition) is 2. The molecular weight excluding hydrogens is 443 g/mol. The SMILES string of the molecule is O=C(Nc1ccccc1Oc1ccccc1)c1cccc(NS(=O)(=O)c2ccc(F)cc2)c1. The van der Waals surface area contributed by atoms with Gasteiger partial charge in [0.1, 0.15) is 11.6 Å². The lowest BCUT2D eigenvalue weighted by Crippen LogP contribution is -2.15. The Morgan fingerprint density at radius 1 is 0.788 bits per heavy atom. The van der Waals surface area contributed by atoms with Gasteiger partial charge in [0.25, 0.3) is 15.9 Å². The van der Waals surface area contributed by atoms with Gasteiger partial charge in [0.05, 0.1) is 10.6 Å². The van der Waals surface area contributed by atoms with E-state index in [1.54, 1.807) is 48.5 Å². The number of rotatable bonds is 7. The zero-order valence-electron chi connectivity index (χ0n) is 17.2. The predicted octanol–water partition coefficient (Wildman–Crippen LogP) is 5.67. The van der Waals surface area contributed by atoms with Crippen LogP contribution in [0.2, 0.25) is 0 Å². The number of amides is 1. The van der Waals surface area contributed by atoms with Crippen LogP contribution in [-0.4, -0.2) is 14.3 Å². The van der Waals surface area contributed by atoms with E-state index in [1.165, 1.54) is 12.1 Å². The summed E-state index contributed by atoms with van der Waals surface area (Å²) in [4.78, 5) is 12.8. The summed E-state index contributed by atoms with van der Waals surface area (Å²) in [5, 5.41) is 2.79. The highest BCUT2D eigenvalue weighted by Crippen LogP contribution is 2.29. The molecule has 0 spiro atoms. The maximum atomic E-state index is 13.1. The third-order valence-corrected chi connectivity index (χ3v) is 6.00. The van der Waals surface area contributed by atoms with Crippen molar-refractivity contribution in [1.29, 1.82) is 0 Å². The number of nitrogens with one attached hydrogen (secondary N) is 2. The van der Waals surface area contributed by atoms with Gasteiger partial charge in [-0.2, -0.15) is 0 Å². The minimum atomic E-state index is -3.94. The summed E-state index contributed by atoms with van der Waals surface area (Å²) in [6.07, 6.45) is 0. The quantitative estimate of drug-likeness (QED) is 0.371. The molecule has 2 N–H and O–H groups in total. The Kier molecular flexibility index (Phi) is 6.37. The van der Waals surface area contributed by atoms with Crippen molar-refractivity contribution < 1.29 is 22.3 Å². The van der Waals surface area contributed by atoms with Crippen molar-refractivity contribution in [2.24, 2.45) is 0 Å². The molecule has 0 aliphatic rings. The van der Waals surface area contributed by atoms with Crippen molar-refractivity contribution in [3.05, 3.63) is 115 Å². The van der Waals surface area contributed by atoms with E-state index in [0.29, 0.717) is 17.2 Å². The van der Waals surface area contributed by atoms with E-state index in [4.69, 9.17) is 4.74 Å². The molecule has 0 aliphatic carbocycles. The molecule has 0 heterocycles. The molecule has 8 heteroatoms. The zero-order chi connectivity index (χ0) is 23.3. The molecule has 33 heavy (non-hydrogen) atoms. The van der Waals surface area contributed by atoms with Crippen LogP contribution in [0.4, 0.5) is 15.8 Å². The summed E-state index contributed by atoms with van der Waals surface area (Å²) in [5.74, 6) is 0.104. The second-order valence-corrected chi connectivity index (χ2v) is 8.69. The predicted molar refractivity (Wildman–Crippen MR) is 125 cm³/mol. The van der Waals surface area contributed by atoms with Crippen LogP contribution in [0.5, 0.6) is 11.5 Å². The number of carbonyl (C=O) groups excluding carboxylic acids is 1. The van der Waals surface area contributed by atoms with Gasteiger partial charge in [-0.3, -0.25) is 9.52 Å². The first-order valence-electron chi connectivity index (χ1n) is 9.92. The van der Waals surface area contributed by atoms with Crippen LogP contribution in [0.15, 0.2) is 108 Å². The van der Waals surface area contributed by atoms with Gasteiger partial charge in [-0.05, 0) is 66.7 Å². The maximum absolute atomic E-state index is 13.1. The van der Waals surface area contributed by atoms with Crippen LogP contribution in [0.1, 0.15) is 10.4 Å². The summed E-state index contributed by atoms with van der Waals surface area (Å²) < 4.78 is 46.5. The molecule has 4 rings (SSSR count). The second kappa shape index (κ2) is 9.54. The monoisotopic (exact) mass is 462 g/mol. The standard InChI is InChI=1S/C25H19FN2O4S/c26-19-13-15-22(16-14-19)33(30,31)28-20-8-6-7-18(17-20)25(29)27-23-11-4-5-12-24(23)32-21-9-2-1-3-10-21/h1-17,28H,(H,27,29). The molecule has 1 amide bonds. The van der Waals surface area contributed by atoms with Crippen molar-refractivity contribution in [3.8, 4) is 11.5 Å². The number of benzene rings is 4. The Morgan fingerprint density at radius 3 is 2.24 bits per heavy atom. The molecule has 6 nitrogen and oxygen atoms in total. The largest absolute Gasteiger partial charge is 0.455 e. The van der Waals surface area contributed by atoms with Crippen molar-refractivity contribution in [3.63, 3.8) is 0 Å². The first kappa shape index (κ1) is 22.0. The van der Waals surface area contributed by atoms with Crippen molar-refractivity contribution in [2.45, 2.75) is 4.90 Å². The van der Waals surface area contributed by atoms with Crippen LogP contribution in [0.25, 0.3) is 0 Å². The lowest BCUT2D eigenvalue weighted by molar-refractivity contribution is 0.102. The van der Waals surface area contributed by atoms with Crippen molar-refractivity contribution in [1.82, 2.24) is 0 Å². The Labute approximate surface area is 190 Å². The minimum Gasteiger partial charge on any atom is -0.455 e. The topological polar surface area (TPSA) is 84.5 Å². The fourth-order valence-electron chi connectivity index (χ4n) is 3.02. The van der Waals surface area contributed by atoms with Gasteiger partial charge in [-0.1, -0.05) is 36.4 Å². The highest BCUT2D eigenvalue weighted by Gasteiger charge is 2.16. The summed E-state index contributed by atoms with van der Waals surface area (Å²) in [6, 6.07) is 26.7. The van der Waals surface area contributed by atoms with E-state index in [0.717, 1.165) is 24.3 Å². The average molecular weight is 463 g/mol. The molecule has 0 bridgehead atoms. The van der Waals surface area contributed by atoms with Crippen LogP contribution in [0.3, 0.4) is 0 Å². The zero-order valence-corrected chi connectivity index (χ0v) is 18.1. The Morgan fingerprint density at radius 2 is 1.48 bits per heavy atom. The molecule has 4 aromatic rings. The molecule has 0 atom stereocenters. The number of hydrogen-bond acceptors (Lipinski definition) is 4. The normalized spacial score (nSPS) is 10.9. The van der Waals surface area contributed by atoms with Gasteiger partial charge in [0, 0.05) is 11.3 Å². The molecule has 0 saturated heterocycles. The third kappa shape index (κ3) is 5.55. The van der Waals surface area contributed by atoms with Gasteiger partial charge in [-0.25, -0.2) is 12.8 Å². The van der Waals surface area contributed by atoms with Gasteiger partial charge < -0.3 is 10.1 Å². The van der Waals surface area contributed by atoms with E-state index in [2.05, 4.69) is 10.0 Å². The van der Waals surface area contributed by atoms with Gasteiger partial charge in [-0.15, -0.1) is 0 Å². The van der Waals surface area contributed by atoms with E-state index in [9.17, 15) is 17.6 Å². The van der Waals surface area contributed by atoms with Gasteiger partial charge >= 0.3 is 0 Å². The Balaban J connectivity index is 1.51. The summed E-state index contributed by atoms with van der Waals surface area (Å²) in [6.45, 7) is 0. The van der Waals surface area contributed by atoms with Crippen LogP contribution >= 0.6 is 0 Å². The number of ether oxygens (including phenoxy) is 1. The summed E-state index contributed by atoms with van der Waals surface area (Å²) in [7, 11) is -3.94. The van der Waals surface area contributed by atoms with Gasteiger partial charge in [0.2, 0.25) is 0 Å². The number of carbonyl (C=O) groups is 1. The molecule has 0 aliphatic heterocycles. The number of halogens is 1. The van der Waals surface area contributed by atoms with Crippen LogP contribution < -0.4 is 14.8 Å². The minimum absolute atomic E-state index is 0.0919. The average Bonchev–Trinajstić information content (AvgIpc) is 2.81. The Hall–Kier alpha value is -4.17. The smallest absolute Gasteiger partial charge is 0.261 e.